The number of hydrogen-bond acceptors (Lipinski definition) is 8. The first-order chi connectivity index (χ1) is 15.8. The van der Waals surface area contributed by atoms with E-state index in [1.165, 1.54) is 7.05 Å². The molecule has 1 amide bonds. The van der Waals surface area contributed by atoms with Crippen molar-refractivity contribution in [1.82, 2.24) is 5.32 Å². The zero-order chi connectivity index (χ0) is 25.9. The maximum Gasteiger partial charge on any atom is 0.343 e. The fourth-order valence-electron chi connectivity index (χ4n) is 2.31. The second-order valence-electron chi connectivity index (χ2n) is 6.81. The summed E-state index contributed by atoms with van der Waals surface area (Å²) >= 11 is 0. The maximum atomic E-state index is 12.2. The van der Waals surface area contributed by atoms with Crippen LogP contribution in [-0.2, 0) is 24.4 Å². The Bertz CT molecular complexity index is 1110. The van der Waals surface area contributed by atoms with Crippen molar-refractivity contribution < 1.29 is 36.8 Å². The van der Waals surface area contributed by atoms with Gasteiger partial charge < -0.3 is 25.8 Å². The number of guanidine groups is 1. The van der Waals surface area contributed by atoms with Gasteiger partial charge in [-0.1, -0.05) is 12.1 Å². The molecule has 0 saturated heterocycles. The summed E-state index contributed by atoms with van der Waals surface area (Å²) in [5.41, 5.74) is 6.81. The number of esters is 2. The van der Waals surface area contributed by atoms with Crippen LogP contribution >= 0.6 is 0 Å². The second kappa shape index (κ2) is 12.9. The highest BCUT2D eigenvalue weighted by molar-refractivity contribution is 7.85. The number of carbonyl (C=O) groups is 3. The van der Waals surface area contributed by atoms with Crippen LogP contribution in [0.15, 0.2) is 48.5 Å². The van der Waals surface area contributed by atoms with E-state index in [4.69, 9.17) is 25.2 Å². The summed E-state index contributed by atoms with van der Waals surface area (Å²) in [6, 6.07) is 12.7. The number of ether oxygens (including phenoxy) is 2. The number of amides is 1. The third kappa shape index (κ3) is 11.1. The Balaban J connectivity index is 0.00000104. The Morgan fingerprint density at radius 3 is 2.09 bits per heavy atom. The molecule has 0 aliphatic heterocycles. The van der Waals surface area contributed by atoms with Crippen molar-refractivity contribution in [2.24, 2.45) is 5.73 Å². The molecule has 2 rings (SSSR count). The van der Waals surface area contributed by atoms with Crippen LogP contribution in [0.2, 0.25) is 0 Å². The van der Waals surface area contributed by atoms with E-state index < -0.39 is 33.9 Å². The van der Waals surface area contributed by atoms with Gasteiger partial charge in [0.1, 0.15) is 5.75 Å². The van der Waals surface area contributed by atoms with E-state index in [9.17, 15) is 22.8 Å². The van der Waals surface area contributed by atoms with E-state index in [0.29, 0.717) is 28.8 Å². The molecular weight excluding hydrogens is 468 g/mol. The number of carbonyl (C=O) groups excluding carboxylic acids is 3. The third-order valence-electron chi connectivity index (χ3n) is 3.97. The fraction of sp³-hybridized carbons (Fsp3) is 0.238. The van der Waals surface area contributed by atoms with Gasteiger partial charge in [-0.3, -0.25) is 19.6 Å². The topological polar surface area (TPSA) is 198 Å². The van der Waals surface area contributed by atoms with Gasteiger partial charge >= 0.3 is 11.9 Å². The zero-order valence-electron chi connectivity index (χ0n) is 18.7. The highest BCUT2D eigenvalue weighted by atomic mass is 32.2. The normalized spacial score (nSPS) is 11.2. The van der Waals surface area contributed by atoms with Crippen LogP contribution in [-0.4, -0.2) is 56.7 Å². The molecule has 1 atom stereocenters. The van der Waals surface area contributed by atoms with Crippen LogP contribution in [0.25, 0.3) is 0 Å². The summed E-state index contributed by atoms with van der Waals surface area (Å²) in [6.07, 6.45) is 0.715. The molecule has 0 unspecified atom stereocenters. The SMILES string of the molecule is CNC(=O)COC(=O)[C@@H](C)c1ccc(OC(=O)c2ccc(NC(=N)N)cc2)cc1.CS(=O)(=O)O. The molecule has 0 bridgehead atoms. The van der Waals surface area contributed by atoms with Crippen LogP contribution in [0.4, 0.5) is 5.69 Å². The van der Waals surface area contributed by atoms with E-state index in [2.05, 4.69) is 10.6 Å². The summed E-state index contributed by atoms with van der Waals surface area (Å²) in [5, 5.41) is 12.2. The number of nitrogens with one attached hydrogen (secondary N) is 3. The Morgan fingerprint density at radius 1 is 1.09 bits per heavy atom. The number of likely N-dealkylation sites (N-methyl/N-ethyl adjacent to an activating group) is 1. The molecule has 0 spiro atoms. The van der Waals surface area contributed by atoms with E-state index >= 15 is 0 Å². The van der Waals surface area contributed by atoms with Crippen molar-refractivity contribution in [3.05, 3.63) is 59.7 Å². The Kier molecular flexibility index (Phi) is 10.7. The first kappa shape index (κ1) is 28.1. The molecule has 12 nitrogen and oxygen atoms in total. The molecule has 0 radical (unpaired) electrons. The predicted octanol–water partition coefficient (Wildman–Crippen LogP) is 1.11. The Morgan fingerprint density at radius 2 is 1.62 bits per heavy atom. The van der Waals surface area contributed by atoms with Gasteiger partial charge in [0.2, 0.25) is 0 Å². The zero-order valence-corrected chi connectivity index (χ0v) is 19.5. The van der Waals surface area contributed by atoms with Gasteiger partial charge in [-0.15, -0.1) is 0 Å². The molecular formula is C21H26N4O8S. The molecule has 0 heterocycles. The molecule has 0 aromatic heterocycles. The van der Waals surface area contributed by atoms with Crippen LogP contribution < -0.4 is 21.1 Å². The van der Waals surface area contributed by atoms with E-state index in [1.807, 2.05) is 0 Å². The van der Waals surface area contributed by atoms with Gasteiger partial charge in [0.15, 0.2) is 12.6 Å². The van der Waals surface area contributed by atoms with E-state index in [-0.39, 0.29) is 12.6 Å². The van der Waals surface area contributed by atoms with Crippen LogP contribution in [0.5, 0.6) is 5.75 Å². The summed E-state index contributed by atoms with van der Waals surface area (Å²) in [5.74, 6) is -1.94. The standard InChI is InChI=1S/C20H22N4O5.CH4O3S/c1-12(18(26)28-11-17(25)23-2)13-5-9-16(10-6-13)29-19(27)14-3-7-15(8-4-14)24-20(21)22;1-5(2,3)4/h3-10,12H,11H2,1-2H3,(H,23,25)(H4,21,22,24);1H3,(H,2,3,4)/t12-;/m0./s1. The summed E-state index contributed by atoms with van der Waals surface area (Å²) in [4.78, 5) is 35.4. The average Bonchev–Trinajstić information content (AvgIpc) is 2.76. The monoisotopic (exact) mass is 494 g/mol. The minimum absolute atomic E-state index is 0.202. The minimum Gasteiger partial charge on any atom is -0.455 e. The number of benzene rings is 2. The smallest absolute Gasteiger partial charge is 0.343 e. The number of nitrogens with two attached hydrogens (primary N) is 1. The Hall–Kier alpha value is -3.97. The molecule has 6 N–H and O–H groups in total. The molecule has 0 aliphatic rings. The molecule has 2 aromatic carbocycles. The lowest BCUT2D eigenvalue weighted by Crippen LogP contribution is -2.26. The number of anilines is 1. The van der Waals surface area contributed by atoms with Gasteiger partial charge in [-0.2, -0.15) is 8.42 Å². The first-order valence-electron chi connectivity index (χ1n) is 9.63. The van der Waals surface area contributed by atoms with Crippen molar-refractivity contribution in [3.8, 4) is 5.75 Å². The molecule has 0 fully saturated rings. The van der Waals surface area contributed by atoms with Gasteiger partial charge in [0.05, 0.1) is 17.7 Å². The molecule has 184 valence electrons. The summed E-state index contributed by atoms with van der Waals surface area (Å²) in [7, 11) is -2.21. The Labute approximate surface area is 196 Å². The highest BCUT2D eigenvalue weighted by Crippen LogP contribution is 2.21. The second-order valence-corrected chi connectivity index (χ2v) is 8.28. The maximum absolute atomic E-state index is 12.2. The van der Waals surface area contributed by atoms with Crippen molar-refractivity contribution >= 4 is 39.6 Å². The van der Waals surface area contributed by atoms with Crippen molar-refractivity contribution in [1.29, 1.82) is 5.41 Å². The lowest BCUT2D eigenvalue weighted by Gasteiger charge is -2.12. The van der Waals surface area contributed by atoms with Gasteiger partial charge in [0.25, 0.3) is 16.0 Å². The third-order valence-corrected chi connectivity index (χ3v) is 3.97. The van der Waals surface area contributed by atoms with Crippen LogP contribution in [0.3, 0.4) is 0 Å². The van der Waals surface area contributed by atoms with Crippen LogP contribution in [0.1, 0.15) is 28.8 Å². The summed E-state index contributed by atoms with van der Waals surface area (Å²) < 4.78 is 36.1. The summed E-state index contributed by atoms with van der Waals surface area (Å²) in [6.45, 7) is 1.32. The highest BCUT2D eigenvalue weighted by Gasteiger charge is 2.18. The van der Waals surface area contributed by atoms with Crippen molar-refractivity contribution in [3.63, 3.8) is 0 Å². The number of hydrogen-bond donors (Lipinski definition) is 5. The quantitative estimate of drug-likeness (QED) is 0.122. The molecule has 13 heteroatoms. The van der Waals surface area contributed by atoms with Gasteiger partial charge in [-0.05, 0) is 48.9 Å². The number of rotatable bonds is 7. The average molecular weight is 495 g/mol. The predicted molar refractivity (Wildman–Crippen MR) is 124 cm³/mol. The molecule has 34 heavy (non-hydrogen) atoms. The van der Waals surface area contributed by atoms with E-state index in [0.717, 1.165) is 0 Å². The fourth-order valence-corrected chi connectivity index (χ4v) is 2.31. The van der Waals surface area contributed by atoms with Gasteiger partial charge in [0, 0.05) is 12.7 Å². The van der Waals surface area contributed by atoms with Crippen molar-refractivity contribution in [2.75, 3.05) is 25.2 Å². The lowest BCUT2D eigenvalue weighted by atomic mass is 10.0. The first-order valence-corrected chi connectivity index (χ1v) is 11.5. The van der Waals surface area contributed by atoms with Gasteiger partial charge in [-0.25, -0.2) is 4.79 Å². The molecule has 2 aromatic rings. The largest absolute Gasteiger partial charge is 0.455 e. The van der Waals surface area contributed by atoms with Crippen molar-refractivity contribution in [2.45, 2.75) is 12.8 Å². The molecule has 0 saturated carbocycles. The van der Waals surface area contributed by atoms with Crippen LogP contribution in [0, 0.1) is 5.41 Å². The minimum atomic E-state index is -3.67. The molecule has 0 aliphatic carbocycles. The lowest BCUT2D eigenvalue weighted by molar-refractivity contribution is -0.149. The van der Waals surface area contributed by atoms with E-state index in [1.54, 1.807) is 55.5 Å².